The van der Waals surface area contributed by atoms with Gasteiger partial charge in [-0.25, -0.2) is 12.8 Å². The lowest BCUT2D eigenvalue weighted by Gasteiger charge is -2.27. The number of benzene rings is 2. The highest BCUT2D eigenvalue weighted by Crippen LogP contribution is 2.11. The van der Waals surface area contributed by atoms with E-state index < -0.39 is 39.0 Å². The van der Waals surface area contributed by atoms with Gasteiger partial charge in [-0.3, -0.25) is 9.59 Å². The molecular weight excluding hydrogens is 383 g/mol. The molecule has 2 aromatic rings. The van der Waals surface area contributed by atoms with Crippen molar-refractivity contribution in [2.45, 2.75) is 26.4 Å². The average Bonchev–Trinajstić information content (AvgIpc) is 2.61. The molecule has 0 aliphatic carbocycles. The van der Waals surface area contributed by atoms with Gasteiger partial charge in [0, 0.05) is 18.3 Å². The standard InChI is InChI=1S/C20H23FN2O4S/c1-15(2)23(12-16-6-4-3-5-7-16)20(25)14-28(26,27)13-19(24)22-18-10-8-17(21)9-11-18/h3-11,15H,12-14H2,1-2H3,(H,22,24). The molecule has 0 spiro atoms. The molecule has 1 N–H and O–H groups in total. The molecule has 28 heavy (non-hydrogen) atoms. The fourth-order valence-corrected chi connectivity index (χ4v) is 3.71. The van der Waals surface area contributed by atoms with E-state index in [0.29, 0.717) is 0 Å². The average molecular weight is 406 g/mol. The predicted molar refractivity (Wildman–Crippen MR) is 106 cm³/mol. The number of amides is 2. The van der Waals surface area contributed by atoms with Crippen molar-refractivity contribution >= 4 is 27.3 Å². The first-order valence-corrected chi connectivity index (χ1v) is 10.6. The first-order chi connectivity index (χ1) is 13.2. The van der Waals surface area contributed by atoms with E-state index in [1.807, 2.05) is 30.3 Å². The molecule has 0 aliphatic heterocycles. The molecule has 0 atom stereocenters. The quantitative estimate of drug-likeness (QED) is 0.730. The second-order valence-electron chi connectivity index (χ2n) is 6.69. The summed E-state index contributed by atoms with van der Waals surface area (Å²) in [5, 5.41) is 2.38. The largest absolute Gasteiger partial charge is 0.335 e. The van der Waals surface area contributed by atoms with Crippen LogP contribution in [0.25, 0.3) is 0 Å². The van der Waals surface area contributed by atoms with Crippen molar-refractivity contribution in [2.75, 3.05) is 16.8 Å². The van der Waals surface area contributed by atoms with E-state index in [1.54, 1.807) is 13.8 Å². The zero-order valence-corrected chi connectivity index (χ0v) is 16.6. The van der Waals surface area contributed by atoms with Crippen LogP contribution in [-0.2, 0) is 26.0 Å². The molecule has 6 nitrogen and oxygen atoms in total. The number of nitrogens with one attached hydrogen (secondary N) is 1. The summed E-state index contributed by atoms with van der Waals surface area (Å²) >= 11 is 0. The molecule has 2 rings (SSSR count). The summed E-state index contributed by atoms with van der Waals surface area (Å²) in [6.45, 7) is 3.89. The topological polar surface area (TPSA) is 83.6 Å². The van der Waals surface area contributed by atoms with Crippen LogP contribution in [0.1, 0.15) is 19.4 Å². The Morgan fingerprint density at radius 1 is 1.00 bits per heavy atom. The van der Waals surface area contributed by atoms with Crippen LogP contribution < -0.4 is 5.32 Å². The summed E-state index contributed by atoms with van der Waals surface area (Å²) in [6, 6.07) is 14.0. The molecule has 2 aromatic carbocycles. The minimum atomic E-state index is -3.96. The van der Waals surface area contributed by atoms with Crippen LogP contribution in [-0.4, -0.2) is 42.7 Å². The van der Waals surface area contributed by atoms with E-state index in [-0.39, 0.29) is 18.3 Å². The number of rotatable bonds is 8. The molecule has 0 aromatic heterocycles. The number of carbonyl (C=O) groups is 2. The third-order valence-electron chi connectivity index (χ3n) is 3.96. The Balaban J connectivity index is 1.99. The summed E-state index contributed by atoms with van der Waals surface area (Å²) in [6.07, 6.45) is 0. The number of nitrogens with zero attached hydrogens (tertiary/aromatic N) is 1. The smallest absolute Gasteiger partial charge is 0.239 e. The van der Waals surface area contributed by atoms with E-state index in [9.17, 15) is 22.4 Å². The third-order valence-corrected chi connectivity index (χ3v) is 5.35. The van der Waals surface area contributed by atoms with Crippen LogP contribution in [0.5, 0.6) is 0 Å². The summed E-state index contributed by atoms with van der Waals surface area (Å²) in [4.78, 5) is 26.0. The van der Waals surface area contributed by atoms with Crippen LogP contribution in [0.3, 0.4) is 0 Å². The van der Waals surface area contributed by atoms with E-state index in [4.69, 9.17) is 0 Å². The molecule has 0 saturated carbocycles. The summed E-state index contributed by atoms with van der Waals surface area (Å²) in [5.41, 5.74) is 1.16. The van der Waals surface area contributed by atoms with Gasteiger partial charge in [-0.05, 0) is 43.7 Å². The Labute approximate surface area is 164 Å². The Bertz CT molecular complexity index is 913. The highest BCUT2D eigenvalue weighted by molar-refractivity contribution is 7.92. The Morgan fingerprint density at radius 2 is 1.61 bits per heavy atom. The maximum atomic E-state index is 12.9. The van der Waals surface area contributed by atoms with Gasteiger partial charge < -0.3 is 10.2 Å². The van der Waals surface area contributed by atoms with Crippen LogP contribution in [0.4, 0.5) is 10.1 Å². The molecule has 0 radical (unpaired) electrons. The molecule has 2 amide bonds. The van der Waals surface area contributed by atoms with Crippen molar-refractivity contribution in [3.05, 3.63) is 66.0 Å². The zero-order chi connectivity index (χ0) is 20.7. The molecule has 0 unspecified atom stereocenters. The number of hydrogen-bond acceptors (Lipinski definition) is 4. The van der Waals surface area contributed by atoms with E-state index in [1.165, 1.54) is 17.0 Å². The molecule has 0 saturated heterocycles. The number of carbonyl (C=O) groups excluding carboxylic acids is 2. The van der Waals surface area contributed by atoms with Gasteiger partial charge in [0.15, 0.2) is 9.84 Å². The van der Waals surface area contributed by atoms with Crippen LogP contribution >= 0.6 is 0 Å². The Hall–Kier alpha value is -2.74. The number of anilines is 1. The molecule has 0 bridgehead atoms. The van der Waals surface area contributed by atoms with Crippen molar-refractivity contribution in [1.82, 2.24) is 4.90 Å². The van der Waals surface area contributed by atoms with Gasteiger partial charge in [-0.2, -0.15) is 0 Å². The molecule has 0 aliphatic rings. The monoisotopic (exact) mass is 406 g/mol. The first kappa shape index (κ1) is 21.6. The minimum absolute atomic E-state index is 0.198. The van der Waals surface area contributed by atoms with Gasteiger partial charge in [0.05, 0.1) is 0 Å². The molecule has 0 fully saturated rings. The van der Waals surface area contributed by atoms with Gasteiger partial charge in [0.2, 0.25) is 11.8 Å². The summed E-state index contributed by atoms with van der Waals surface area (Å²) < 4.78 is 37.5. The molecule has 0 heterocycles. The second-order valence-corrected chi connectivity index (χ2v) is 8.75. The van der Waals surface area contributed by atoms with E-state index >= 15 is 0 Å². The third kappa shape index (κ3) is 6.77. The Morgan fingerprint density at radius 3 is 2.18 bits per heavy atom. The van der Waals surface area contributed by atoms with Crippen molar-refractivity contribution in [2.24, 2.45) is 0 Å². The highest BCUT2D eigenvalue weighted by atomic mass is 32.2. The van der Waals surface area contributed by atoms with Crippen molar-refractivity contribution in [1.29, 1.82) is 0 Å². The van der Waals surface area contributed by atoms with E-state index in [2.05, 4.69) is 5.32 Å². The molecule has 8 heteroatoms. The van der Waals surface area contributed by atoms with Crippen molar-refractivity contribution < 1.29 is 22.4 Å². The van der Waals surface area contributed by atoms with E-state index in [0.717, 1.165) is 17.7 Å². The predicted octanol–water partition coefficient (Wildman–Crippen LogP) is 2.62. The zero-order valence-electron chi connectivity index (χ0n) is 15.8. The SMILES string of the molecule is CC(C)N(Cc1ccccc1)C(=O)CS(=O)(=O)CC(=O)Nc1ccc(F)cc1. The van der Waals surface area contributed by atoms with Crippen molar-refractivity contribution in [3.8, 4) is 0 Å². The second kappa shape index (κ2) is 9.45. The minimum Gasteiger partial charge on any atom is -0.335 e. The molecular formula is C20H23FN2O4S. The lowest BCUT2D eigenvalue weighted by molar-refractivity contribution is -0.130. The highest BCUT2D eigenvalue weighted by Gasteiger charge is 2.26. The fraction of sp³-hybridized carbons (Fsp3) is 0.300. The fourth-order valence-electron chi connectivity index (χ4n) is 2.59. The molecule has 150 valence electrons. The Kier molecular flexibility index (Phi) is 7.28. The number of halogens is 1. The van der Waals surface area contributed by atoms with Gasteiger partial charge in [-0.1, -0.05) is 30.3 Å². The number of hydrogen-bond donors (Lipinski definition) is 1. The van der Waals surface area contributed by atoms with Gasteiger partial charge in [0.1, 0.15) is 17.3 Å². The van der Waals surface area contributed by atoms with Crippen LogP contribution in [0.2, 0.25) is 0 Å². The van der Waals surface area contributed by atoms with Crippen molar-refractivity contribution in [3.63, 3.8) is 0 Å². The lowest BCUT2D eigenvalue weighted by Crippen LogP contribution is -2.41. The van der Waals surface area contributed by atoms with Crippen LogP contribution in [0.15, 0.2) is 54.6 Å². The maximum absolute atomic E-state index is 12.9. The number of sulfone groups is 1. The first-order valence-electron chi connectivity index (χ1n) is 8.75. The maximum Gasteiger partial charge on any atom is 0.239 e. The van der Waals surface area contributed by atoms with Gasteiger partial charge in [0.25, 0.3) is 0 Å². The van der Waals surface area contributed by atoms with Gasteiger partial charge >= 0.3 is 0 Å². The van der Waals surface area contributed by atoms with Gasteiger partial charge in [-0.15, -0.1) is 0 Å². The lowest BCUT2D eigenvalue weighted by atomic mass is 10.2. The summed E-state index contributed by atoms with van der Waals surface area (Å²) in [5.74, 6) is -3.39. The van der Waals surface area contributed by atoms with Crippen LogP contribution in [0, 0.1) is 5.82 Å². The normalized spacial score (nSPS) is 11.3. The summed E-state index contributed by atoms with van der Waals surface area (Å²) in [7, 11) is -3.96.